The highest BCUT2D eigenvalue weighted by Gasteiger charge is 2.17. The van der Waals surface area contributed by atoms with Crippen LogP contribution in [0.1, 0.15) is 13.8 Å². The molecule has 0 saturated heterocycles. The second kappa shape index (κ2) is 5.68. The van der Waals surface area contributed by atoms with E-state index >= 15 is 0 Å². The molecule has 14 heavy (non-hydrogen) atoms. The summed E-state index contributed by atoms with van der Waals surface area (Å²) >= 11 is 0. The normalized spacial score (nSPS) is 11.4. The molecule has 2 amide bonds. The molecule has 0 rings (SSSR count). The minimum atomic E-state index is -4.06. The van der Waals surface area contributed by atoms with E-state index in [-0.39, 0.29) is 24.0 Å². The molecule has 0 heterocycles. The number of amides is 2. The molecule has 8 heteroatoms. The molecule has 0 aromatic carbocycles. The molecule has 0 bridgehead atoms. The zero-order valence-corrected chi connectivity index (χ0v) is 8.56. The summed E-state index contributed by atoms with van der Waals surface area (Å²) in [7, 11) is -4.06. The lowest BCUT2D eigenvalue weighted by Gasteiger charge is -2.10. The van der Waals surface area contributed by atoms with E-state index in [1.54, 1.807) is 13.8 Å². The van der Waals surface area contributed by atoms with E-state index in [4.69, 9.17) is 4.74 Å². The molecule has 0 fully saturated rings. The third kappa shape index (κ3) is 5.62. The number of imide groups is 1. The highest BCUT2D eigenvalue weighted by Crippen LogP contribution is 1.99. The number of hydrogen-bond acceptors (Lipinski definition) is 6. The van der Waals surface area contributed by atoms with Gasteiger partial charge in [-0.05, 0) is 13.8 Å². The first-order chi connectivity index (χ1) is 6.41. The van der Waals surface area contributed by atoms with Crippen LogP contribution in [0.25, 0.3) is 0 Å². The van der Waals surface area contributed by atoms with Gasteiger partial charge in [-0.25, -0.2) is 0 Å². The maximum atomic E-state index is 11.0. The highest BCUT2D eigenvalue weighted by molar-refractivity contribution is 7.86. The number of carbonyl (C=O) groups excluding carboxylic acids is 2. The van der Waals surface area contributed by atoms with E-state index in [9.17, 15) is 18.0 Å². The topological polar surface area (TPSA) is 90.0 Å². The summed E-state index contributed by atoms with van der Waals surface area (Å²) in [5.74, 6) is -0.719. The number of carbonyl (C=O) groups is 2. The minimum Gasteiger partial charge on any atom is -0.360 e. The van der Waals surface area contributed by atoms with Crippen molar-refractivity contribution in [2.75, 3.05) is 5.94 Å². The van der Waals surface area contributed by atoms with Crippen molar-refractivity contribution in [1.82, 2.24) is 5.06 Å². The van der Waals surface area contributed by atoms with Gasteiger partial charge in [-0.2, -0.15) is 8.42 Å². The van der Waals surface area contributed by atoms with Crippen LogP contribution < -0.4 is 0 Å². The molecule has 0 N–H and O–H groups in total. The molecule has 0 unspecified atom stereocenters. The van der Waals surface area contributed by atoms with Crippen LogP contribution in [-0.2, 0) is 28.7 Å². The van der Waals surface area contributed by atoms with Crippen LogP contribution in [-0.4, -0.2) is 38.3 Å². The average Bonchev–Trinajstić information content (AvgIpc) is 2.11. The maximum Gasteiger partial charge on any atom is 0.313 e. The summed E-state index contributed by atoms with van der Waals surface area (Å²) in [5.41, 5.74) is 0. The summed E-state index contributed by atoms with van der Waals surface area (Å²) < 4.78 is 30.7. The van der Waals surface area contributed by atoms with Gasteiger partial charge in [0.1, 0.15) is 0 Å². The Bertz CT molecular complexity index is 277. The van der Waals surface area contributed by atoms with Gasteiger partial charge < -0.3 is 4.74 Å². The van der Waals surface area contributed by atoms with Crippen molar-refractivity contribution >= 4 is 22.9 Å². The Balaban J connectivity index is 4.19. The van der Waals surface area contributed by atoms with Gasteiger partial charge in [0.25, 0.3) is 0 Å². The van der Waals surface area contributed by atoms with Crippen LogP contribution in [0.3, 0.4) is 0 Å². The smallest absolute Gasteiger partial charge is 0.313 e. The lowest BCUT2D eigenvalue weighted by atomic mass is 10.5. The van der Waals surface area contributed by atoms with Gasteiger partial charge in [0.15, 0.2) is 5.94 Å². The number of rotatable bonds is 7. The van der Waals surface area contributed by atoms with Gasteiger partial charge in [0.2, 0.25) is 12.8 Å². The maximum absolute atomic E-state index is 11.0. The predicted molar refractivity (Wildman–Crippen MR) is 45.1 cm³/mol. The van der Waals surface area contributed by atoms with Crippen LogP contribution >= 0.6 is 0 Å². The van der Waals surface area contributed by atoms with Gasteiger partial charge >= 0.3 is 10.1 Å². The monoisotopic (exact) mass is 225 g/mol. The van der Waals surface area contributed by atoms with Crippen molar-refractivity contribution in [3.05, 3.63) is 0 Å². The SMILES string of the molecule is CC(C)OCS(=O)(=O)ON(C=O)C=O. The Kier molecular flexibility index (Phi) is 5.28. The van der Waals surface area contributed by atoms with E-state index in [1.807, 2.05) is 0 Å². The van der Waals surface area contributed by atoms with Gasteiger partial charge in [0, 0.05) is 0 Å². The predicted octanol–water partition coefficient (Wildman–Crippen LogP) is -0.755. The molecule has 82 valence electrons. The van der Waals surface area contributed by atoms with E-state index in [0.29, 0.717) is 0 Å². The van der Waals surface area contributed by atoms with Gasteiger partial charge in [-0.1, -0.05) is 0 Å². The van der Waals surface area contributed by atoms with E-state index in [1.165, 1.54) is 0 Å². The zero-order chi connectivity index (χ0) is 11.2. The van der Waals surface area contributed by atoms with Gasteiger partial charge in [-0.3, -0.25) is 9.59 Å². The molecule has 0 aromatic rings. The Hall–Kier alpha value is -0.990. The van der Waals surface area contributed by atoms with E-state index in [2.05, 4.69) is 4.28 Å². The lowest BCUT2D eigenvalue weighted by molar-refractivity contribution is -0.153. The molecule has 0 aliphatic rings. The van der Waals surface area contributed by atoms with Crippen LogP contribution in [0.5, 0.6) is 0 Å². The first-order valence-corrected chi connectivity index (χ1v) is 5.22. The highest BCUT2D eigenvalue weighted by atomic mass is 32.2. The fraction of sp³-hybridized carbons (Fsp3) is 0.667. The van der Waals surface area contributed by atoms with Crippen molar-refractivity contribution in [3.8, 4) is 0 Å². The van der Waals surface area contributed by atoms with Crippen LogP contribution in [0.4, 0.5) is 0 Å². The molecule has 7 nitrogen and oxygen atoms in total. The summed E-state index contributed by atoms with van der Waals surface area (Å²) in [4.78, 5) is 20.0. The third-order valence-corrected chi connectivity index (χ3v) is 1.78. The number of ether oxygens (including phenoxy) is 1. The average molecular weight is 225 g/mol. The molecular weight excluding hydrogens is 214 g/mol. The van der Waals surface area contributed by atoms with Crippen LogP contribution in [0.15, 0.2) is 0 Å². The zero-order valence-electron chi connectivity index (χ0n) is 7.74. The van der Waals surface area contributed by atoms with Crippen molar-refractivity contribution in [3.63, 3.8) is 0 Å². The molecular formula is C6H11NO6S. The number of hydrogen-bond donors (Lipinski definition) is 0. The number of hydroxylamine groups is 2. The van der Waals surface area contributed by atoms with E-state index in [0.717, 1.165) is 0 Å². The summed E-state index contributed by atoms with van der Waals surface area (Å²) in [6.45, 7) is 3.26. The fourth-order valence-corrected chi connectivity index (χ4v) is 1.25. The van der Waals surface area contributed by atoms with Crippen molar-refractivity contribution < 1.29 is 27.0 Å². The Morgan fingerprint density at radius 2 is 1.79 bits per heavy atom. The molecule has 0 atom stereocenters. The van der Waals surface area contributed by atoms with Crippen molar-refractivity contribution in [2.24, 2.45) is 0 Å². The molecule has 0 radical (unpaired) electrons. The van der Waals surface area contributed by atoms with Crippen molar-refractivity contribution in [2.45, 2.75) is 20.0 Å². The Labute approximate surface area is 81.7 Å². The largest absolute Gasteiger partial charge is 0.360 e. The van der Waals surface area contributed by atoms with Gasteiger partial charge in [-0.15, -0.1) is 9.35 Å². The van der Waals surface area contributed by atoms with Crippen molar-refractivity contribution in [1.29, 1.82) is 0 Å². The molecule has 0 aliphatic carbocycles. The van der Waals surface area contributed by atoms with Crippen LogP contribution in [0, 0.1) is 0 Å². The Morgan fingerprint density at radius 1 is 1.29 bits per heavy atom. The molecule has 0 aromatic heterocycles. The second-order valence-corrected chi connectivity index (χ2v) is 4.04. The molecule has 0 spiro atoms. The minimum absolute atomic E-state index is 0.000972. The standard InChI is InChI=1S/C6H11NO6S/c1-6(2)12-5-14(10,11)13-7(3-8)4-9/h3-4,6H,5H2,1-2H3. The first-order valence-electron chi connectivity index (χ1n) is 3.64. The quantitative estimate of drug-likeness (QED) is 0.418. The molecule has 0 aliphatic heterocycles. The Morgan fingerprint density at radius 3 is 2.14 bits per heavy atom. The summed E-state index contributed by atoms with van der Waals surface area (Å²) in [6.07, 6.45) is -0.436. The number of nitrogens with zero attached hydrogens (tertiary/aromatic N) is 1. The fourth-order valence-electron chi connectivity index (χ4n) is 0.432. The first kappa shape index (κ1) is 13.0. The summed E-state index contributed by atoms with van der Waals surface area (Å²) in [6, 6.07) is 0. The van der Waals surface area contributed by atoms with Crippen LogP contribution in [0.2, 0.25) is 0 Å². The van der Waals surface area contributed by atoms with E-state index < -0.39 is 16.1 Å². The van der Waals surface area contributed by atoms with Gasteiger partial charge in [0.05, 0.1) is 6.10 Å². The third-order valence-electron chi connectivity index (χ3n) is 0.953. The second-order valence-electron chi connectivity index (χ2n) is 2.54. The lowest BCUT2D eigenvalue weighted by Crippen LogP contribution is -2.27. The summed E-state index contributed by atoms with van der Waals surface area (Å²) in [5, 5.41) is -0.000972. The molecule has 0 saturated carbocycles.